The van der Waals surface area contributed by atoms with Gasteiger partial charge in [0.15, 0.2) is 0 Å². The molecule has 0 fully saturated rings. The van der Waals surface area contributed by atoms with Crippen molar-refractivity contribution in [1.82, 2.24) is 10.0 Å². The molecule has 0 atom stereocenters. The Bertz CT molecular complexity index is 316. The number of hydrogen-bond acceptors (Lipinski definition) is 4. The highest BCUT2D eigenvalue weighted by atomic mass is 15.9. The molecule has 0 aliphatic heterocycles. The Morgan fingerprint density at radius 2 is 1.17 bits per heavy atom. The average molecular weight is 250 g/mol. The number of benzene rings is 1. The maximum absolute atomic E-state index is 5.76. The highest BCUT2D eigenvalue weighted by molar-refractivity contribution is 5.51. The smallest absolute Gasteiger partial charge is 0.0708 e. The van der Waals surface area contributed by atoms with E-state index >= 15 is 0 Å². The van der Waals surface area contributed by atoms with E-state index in [-0.39, 0.29) is 0 Å². The van der Waals surface area contributed by atoms with Crippen molar-refractivity contribution < 1.29 is 0 Å². The van der Waals surface area contributed by atoms with Gasteiger partial charge in [-0.05, 0) is 24.3 Å². The lowest BCUT2D eigenvalue weighted by Crippen LogP contribution is -2.53. The van der Waals surface area contributed by atoms with Crippen molar-refractivity contribution in [3.8, 4) is 0 Å². The largest absolute Gasteiger partial charge is 0.399 e. The molecule has 18 heavy (non-hydrogen) atoms. The van der Waals surface area contributed by atoms with E-state index in [1.165, 1.54) is 0 Å². The monoisotopic (exact) mass is 250 g/mol. The predicted molar refractivity (Wildman–Crippen MR) is 79.2 cm³/mol. The van der Waals surface area contributed by atoms with Gasteiger partial charge in [0.2, 0.25) is 0 Å². The van der Waals surface area contributed by atoms with Crippen LogP contribution in [0, 0.1) is 0 Å². The molecule has 1 rings (SSSR count). The van der Waals surface area contributed by atoms with Gasteiger partial charge in [0.1, 0.15) is 0 Å². The summed E-state index contributed by atoms with van der Waals surface area (Å²) in [6, 6.07) is 8.06. The maximum atomic E-state index is 5.76. The number of nitrogens with zero attached hydrogens (tertiary/aromatic N) is 3. The Morgan fingerprint density at radius 3 is 1.50 bits per heavy atom. The second-order valence-corrected chi connectivity index (χ2v) is 4.16. The van der Waals surface area contributed by atoms with Crippen LogP contribution in [0.4, 0.5) is 11.4 Å². The topological polar surface area (TPSA) is 35.7 Å². The van der Waals surface area contributed by atoms with E-state index < -0.39 is 0 Å². The zero-order chi connectivity index (χ0) is 13.5. The summed E-state index contributed by atoms with van der Waals surface area (Å²) in [5, 5.41) is 6.90. The second-order valence-electron chi connectivity index (χ2n) is 4.16. The van der Waals surface area contributed by atoms with E-state index in [1.54, 1.807) is 0 Å². The summed E-state index contributed by atoms with van der Waals surface area (Å²) in [4.78, 5) is 0. The molecule has 0 saturated carbocycles. The quantitative estimate of drug-likeness (QED) is 0.596. The Hall–Kier alpha value is -1.26. The number of nitrogens with two attached hydrogens (primary N) is 1. The fourth-order valence-corrected chi connectivity index (χ4v) is 2.10. The molecule has 2 N–H and O–H groups in total. The van der Waals surface area contributed by atoms with Gasteiger partial charge in [-0.25, -0.2) is 15.1 Å². The first-order valence-corrected chi connectivity index (χ1v) is 6.83. The Kier molecular flexibility index (Phi) is 5.95. The molecule has 4 nitrogen and oxygen atoms in total. The van der Waals surface area contributed by atoms with E-state index in [1.807, 2.05) is 12.1 Å². The first kappa shape index (κ1) is 14.8. The van der Waals surface area contributed by atoms with E-state index in [0.717, 1.165) is 37.6 Å². The fourth-order valence-electron chi connectivity index (χ4n) is 2.10. The Morgan fingerprint density at radius 1 is 0.778 bits per heavy atom. The SMILES string of the molecule is CCN(CC)N(c1ccc(N)cc1)N(CC)CC. The van der Waals surface area contributed by atoms with Crippen molar-refractivity contribution in [2.45, 2.75) is 27.7 Å². The van der Waals surface area contributed by atoms with Gasteiger partial charge in [-0.15, -0.1) is 0 Å². The fraction of sp³-hybridized carbons (Fsp3) is 0.571. The molecule has 0 amide bonds. The highest BCUT2D eigenvalue weighted by Crippen LogP contribution is 2.20. The first-order valence-electron chi connectivity index (χ1n) is 6.83. The van der Waals surface area contributed by atoms with E-state index in [9.17, 15) is 0 Å². The van der Waals surface area contributed by atoms with E-state index in [2.05, 4.69) is 55.0 Å². The molecule has 0 bridgehead atoms. The van der Waals surface area contributed by atoms with Crippen LogP contribution in [0.2, 0.25) is 0 Å². The summed E-state index contributed by atoms with van der Waals surface area (Å²) in [6.45, 7) is 12.6. The maximum Gasteiger partial charge on any atom is 0.0708 e. The molecule has 0 heterocycles. The van der Waals surface area contributed by atoms with Crippen LogP contribution in [0.5, 0.6) is 0 Å². The number of hydrogen-bond donors (Lipinski definition) is 1. The molecule has 0 saturated heterocycles. The molecule has 0 unspecified atom stereocenters. The summed E-state index contributed by atoms with van der Waals surface area (Å²) >= 11 is 0. The zero-order valence-electron chi connectivity index (χ0n) is 12.1. The van der Waals surface area contributed by atoms with Gasteiger partial charge < -0.3 is 5.73 Å². The van der Waals surface area contributed by atoms with Crippen molar-refractivity contribution in [3.05, 3.63) is 24.3 Å². The molecule has 0 aliphatic carbocycles. The second kappa shape index (κ2) is 7.24. The van der Waals surface area contributed by atoms with Crippen molar-refractivity contribution in [2.75, 3.05) is 37.0 Å². The van der Waals surface area contributed by atoms with Gasteiger partial charge in [0.25, 0.3) is 0 Å². The van der Waals surface area contributed by atoms with Gasteiger partial charge in [0.05, 0.1) is 5.69 Å². The van der Waals surface area contributed by atoms with Gasteiger partial charge in [0, 0.05) is 31.9 Å². The minimum atomic E-state index is 0.804. The van der Waals surface area contributed by atoms with Crippen LogP contribution in [-0.2, 0) is 0 Å². The summed E-state index contributed by atoms with van der Waals surface area (Å²) in [7, 11) is 0. The third-order valence-corrected chi connectivity index (χ3v) is 3.12. The third-order valence-electron chi connectivity index (χ3n) is 3.12. The van der Waals surface area contributed by atoms with Crippen LogP contribution in [0.3, 0.4) is 0 Å². The summed E-state index contributed by atoms with van der Waals surface area (Å²) in [5.41, 5.74) is 7.73. The molecule has 0 aliphatic rings. The van der Waals surface area contributed by atoms with Crippen molar-refractivity contribution in [1.29, 1.82) is 0 Å². The van der Waals surface area contributed by atoms with E-state index in [4.69, 9.17) is 5.73 Å². The average Bonchev–Trinajstić information content (AvgIpc) is 2.40. The van der Waals surface area contributed by atoms with Crippen molar-refractivity contribution in [3.63, 3.8) is 0 Å². The lowest BCUT2D eigenvalue weighted by Gasteiger charge is -2.42. The first-order chi connectivity index (χ1) is 8.67. The van der Waals surface area contributed by atoms with Crippen LogP contribution >= 0.6 is 0 Å². The molecule has 1 aromatic carbocycles. The number of hydrazine groups is 2. The third kappa shape index (κ3) is 3.37. The molecule has 0 spiro atoms. The summed E-state index contributed by atoms with van der Waals surface area (Å²) in [6.07, 6.45) is 0. The van der Waals surface area contributed by atoms with Gasteiger partial charge in [-0.3, -0.25) is 0 Å². The summed E-state index contributed by atoms with van der Waals surface area (Å²) in [5.74, 6) is 0. The molecule has 102 valence electrons. The number of anilines is 2. The minimum absolute atomic E-state index is 0.804. The van der Waals surface area contributed by atoms with E-state index in [0.29, 0.717) is 0 Å². The molecule has 1 aromatic rings. The van der Waals surface area contributed by atoms with Gasteiger partial charge in [-0.2, -0.15) is 0 Å². The lowest BCUT2D eigenvalue weighted by atomic mass is 10.3. The minimum Gasteiger partial charge on any atom is -0.399 e. The Balaban J connectivity index is 3.06. The Labute approximate surface area is 111 Å². The van der Waals surface area contributed by atoms with Crippen LogP contribution < -0.4 is 10.9 Å². The molecular weight excluding hydrogens is 224 g/mol. The standard InChI is InChI=1S/C14H26N4/c1-5-16(6-2)18(17(7-3)8-4)14-11-9-13(15)10-12-14/h9-12H,5-8,15H2,1-4H3. The molecular formula is C14H26N4. The zero-order valence-corrected chi connectivity index (χ0v) is 12.1. The molecule has 0 radical (unpaired) electrons. The van der Waals surface area contributed by atoms with Gasteiger partial charge >= 0.3 is 0 Å². The molecule has 0 aromatic heterocycles. The van der Waals surface area contributed by atoms with Crippen LogP contribution in [0.25, 0.3) is 0 Å². The van der Waals surface area contributed by atoms with Crippen molar-refractivity contribution >= 4 is 11.4 Å². The van der Waals surface area contributed by atoms with Crippen LogP contribution in [0.1, 0.15) is 27.7 Å². The number of nitrogen functional groups attached to an aromatic ring is 1. The van der Waals surface area contributed by atoms with Crippen molar-refractivity contribution in [2.24, 2.45) is 0 Å². The lowest BCUT2D eigenvalue weighted by molar-refractivity contribution is 0.114. The van der Waals surface area contributed by atoms with Crippen LogP contribution in [-0.4, -0.2) is 36.2 Å². The normalized spacial score (nSPS) is 11.2. The van der Waals surface area contributed by atoms with Gasteiger partial charge in [-0.1, -0.05) is 27.7 Å². The van der Waals surface area contributed by atoms with Crippen LogP contribution in [0.15, 0.2) is 24.3 Å². The predicted octanol–water partition coefficient (Wildman–Crippen LogP) is 2.59. The molecule has 4 heteroatoms. The summed E-state index contributed by atoms with van der Waals surface area (Å²) < 4.78 is 0. The number of rotatable bonds is 7. The highest BCUT2D eigenvalue weighted by Gasteiger charge is 2.18.